The summed E-state index contributed by atoms with van der Waals surface area (Å²) in [5.41, 5.74) is 2.93. The number of allylic oxidation sites excluding steroid dienone is 2. The number of hydrogen-bond donors (Lipinski definition) is 1. The number of carbonyl (C=O) groups is 1. The van der Waals surface area contributed by atoms with E-state index in [0.29, 0.717) is 17.6 Å². The van der Waals surface area contributed by atoms with E-state index in [2.05, 4.69) is 19.9 Å². The largest absolute Gasteiger partial charge is 0.393 e. The third kappa shape index (κ3) is 3.55. The number of halogens is 1. The van der Waals surface area contributed by atoms with E-state index in [1.54, 1.807) is 0 Å². The van der Waals surface area contributed by atoms with Crippen molar-refractivity contribution in [2.75, 3.05) is 0 Å². The molecule has 0 bridgehead atoms. The summed E-state index contributed by atoms with van der Waals surface area (Å²) in [6, 6.07) is 7.67. The van der Waals surface area contributed by atoms with Gasteiger partial charge in [0, 0.05) is 10.9 Å². The lowest BCUT2D eigenvalue weighted by atomic mass is 9.47. The molecule has 1 aromatic carbocycles. The van der Waals surface area contributed by atoms with Gasteiger partial charge < -0.3 is 5.11 Å². The quantitative estimate of drug-likeness (QED) is 0.413. The highest BCUT2D eigenvalue weighted by atomic mass is 35.5. The number of rotatable bonds is 3. The predicted octanol–water partition coefficient (Wildman–Crippen LogP) is 6.86. The maximum absolute atomic E-state index is 13.3. The Kier molecular flexibility index (Phi) is 5.46. The second-order valence-corrected chi connectivity index (χ2v) is 11.6. The number of aliphatic hydroxyl groups is 1. The summed E-state index contributed by atoms with van der Waals surface area (Å²) in [5.74, 6) is 2.51. The lowest BCUT2D eigenvalue weighted by Crippen LogP contribution is -2.50. The van der Waals surface area contributed by atoms with Crippen LogP contribution in [0.25, 0.3) is 6.08 Å². The lowest BCUT2D eigenvalue weighted by Gasteiger charge is -2.57. The normalized spacial score (nSPS) is 41.9. The maximum atomic E-state index is 13.3. The van der Waals surface area contributed by atoms with Crippen LogP contribution < -0.4 is 0 Å². The highest BCUT2D eigenvalue weighted by molar-refractivity contribution is 6.30. The van der Waals surface area contributed by atoms with Gasteiger partial charge in [-0.15, -0.1) is 0 Å². The second kappa shape index (κ2) is 7.89. The molecule has 1 N–H and O–H groups in total. The number of ketones is 1. The Hall–Kier alpha value is -1.38. The van der Waals surface area contributed by atoms with Crippen molar-refractivity contribution in [3.63, 3.8) is 0 Å². The highest BCUT2D eigenvalue weighted by Crippen LogP contribution is 2.66. The fourth-order valence-electron chi connectivity index (χ4n) is 7.98. The fraction of sp³-hybridized carbons (Fsp3) is 0.607. The van der Waals surface area contributed by atoms with Gasteiger partial charge in [-0.3, -0.25) is 4.79 Å². The van der Waals surface area contributed by atoms with E-state index in [4.69, 9.17) is 11.6 Å². The van der Waals surface area contributed by atoms with E-state index < -0.39 is 0 Å². The molecule has 0 radical (unpaired) electrons. The summed E-state index contributed by atoms with van der Waals surface area (Å²) < 4.78 is 0. The number of fused-ring (bicyclic) bond motifs is 5. The van der Waals surface area contributed by atoms with E-state index in [0.717, 1.165) is 55.0 Å². The summed E-state index contributed by atoms with van der Waals surface area (Å²) in [6.07, 6.45) is 14.8. The van der Waals surface area contributed by atoms with E-state index in [1.165, 1.54) is 18.4 Å². The second-order valence-electron chi connectivity index (χ2n) is 11.1. The van der Waals surface area contributed by atoms with Crippen molar-refractivity contribution in [1.29, 1.82) is 0 Å². The average Bonchev–Trinajstić information content (AvgIpc) is 3.11. The van der Waals surface area contributed by atoms with Crippen molar-refractivity contribution >= 4 is 23.5 Å². The molecule has 3 saturated carbocycles. The minimum atomic E-state index is -0.148. The molecule has 0 aliphatic heterocycles. The van der Waals surface area contributed by atoms with Gasteiger partial charge in [-0.05, 0) is 104 Å². The van der Waals surface area contributed by atoms with Gasteiger partial charge in [-0.2, -0.15) is 0 Å². The number of benzene rings is 1. The smallest absolute Gasteiger partial charge is 0.159 e. The first kappa shape index (κ1) is 21.5. The van der Waals surface area contributed by atoms with Crippen molar-refractivity contribution in [2.45, 2.75) is 71.3 Å². The molecule has 0 saturated heterocycles. The molecular formula is C28H35ClO2. The molecule has 4 aliphatic rings. The van der Waals surface area contributed by atoms with Crippen LogP contribution in [0, 0.1) is 34.5 Å². The van der Waals surface area contributed by atoms with Crippen LogP contribution in [-0.4, -0.2) is 17.0 Å². The van der Waals surface area contributed by atoms with Gasteiger partial charge in [0.05, 0.1) is 6.10 Å². The fourth-order valence-corrected chi connectivity index (χ4v) is 8.10. The molecule has 0 heterocycles. The molecule has 31 heavy (non-hydrogen) atoms. The van der Waals surface area contributed by atoms with Gasteiger partial charge in [-0.1, -0.05) is 55.3 Å². The molecule has 166 valence electrons. The summed E-state index contributed by atoms with van der Waals surface area (Å²) in [6.45, 7) is 4.88. The van der Waals surface area contributed by atoms with Crippen LogP contribution in [0.4, 0.5) is 0 Å². The molecule has 4 aliphatic carbocycles. The molecule has 3 fully saturated rings. The Morgan fingerprint density at radius 2 is 1.84 bits per heavy atom. The van der Waals surface area contributed by atoms with Gasteiger partial charge >= 0.3 is 0 Å². The van der Waals surface area contributed by atoms with Crippen molar-refractivity contribution in [3.8, 4) is 0 Å². The number of aliphatic hydroxyl groups excluding tert-OH is 1. The highest BCUT2D eigenvalue weighted by Gasteiger charge is 2.59. The maximum Gasteiger partial charge on any atom is 0.159 e. The summed E-state index contributed by atoms with van der Waals surface area (Å²) in [5, 5.41) is 10.9. The third-order valence-electron chi connectivity index (χ3n) is 9.73. The van der Waals surface area contributed by atoms with Crippen molar-refractivity contribution in [2.24, 2.45) is 34.5 Å². The van der Waals surface area contributed by atoms with E-state index >= 15 is 0 Å². The van der Waals surface area contributed by atoms with Gasteiger partial charge in [0.2, 0.25) is 0 Å². The molecule has 0 spiro atoms. The Morgan fingerprint density at radius 3 is 2.61 bits per heavy atom. The zero-order valence-corrected chi connectivity index (χ0v) is 19.6. The SMILES string of the molecule is C[C@]12CC[C@H]3[C@@H](CC=C4C[C@@H](O)CC[C@@]43C)[C@@H]1CC[C@@H]2C(=O)/C=C/c1ccc(Cl)cc1. The Labute approximate surface area is 191 Å². The third-order valence-corrected chi connectivity index (χ3v) is 9.98. The van der Waals surface area contributed by atoms with E-state index in [9.17, 15) is 9.90 Å². The van der Waals surface area contributed by atoms with Crippen LogP contribution >= 0.6 is 11.6 Å². The van der Waals surface area contributed by atoms with Gasteiger partial charge in [0.25, 0.3) is 0 Å². The monoisotopic (exact) mass is 438 g/mol. The van der Waals surface area contributed by atoms with E-state index in [-0.39, 0.29) is 22.9 Å². The molecule has 1 aromatic rings. The minimum Gasteiger partial charge on any atom is -0.393 e. The zero-order chi connectivity index (χ0) is 21.8. The van der Waals surface area contributed by atoms with Crippen LogP contribution in [-0.2, 0) is 4.79 Å². The van der Waals surface area contributed by atoms with Gasteiger partial charge in [-0.25, -0.2) is 0 Å². The van der Waals surface area contributed by atoms with E-state index in [1.807, 2.05) is 36.4 Å². The molecule has 5 rings (SSSR count). The number of hydrogen-bond acceptors (Lipinski definition) is 2. The van der Waals surface area contributed by atoms with Crippen LogP contribution in [0.15, 0.2) is 42.0 Å². The summed E-state index contributed by atoms with van der Waals surface area (Å²) in [4.78, 5) is 13.3. The predicted molar refractivity (Wildman–Crippen MR) is 127 cm³/mol. The van der Waals surface area contributed by atoms with Crippen molar-refractivity contribution in [3.05, 3.63) is 52.6 Å². The molecule has 2 nitrogen and oxygen atoms in total. The van der Waals surface area contributed by atoms with Crippen LogP contribution in [0.2, 0.25) is 5.02 Å². The first-order valence-electron chi connectivity index (χ1n) is 12.2. The first-order chi connectivity index (χ1) is 14.8. The Balaban J connectivity index is 1.35. The van der Waals surface area contributed by atoms with Crippen molar-refractivity contribution in [1.82, 2.24) is 0 Å². The van der Waals surface area contributed by atoms with Gasteiger partial charge in [0.1, 0.15) is 0 Å². The first-order valence-corrected chi connectivity index (χ1v) is 12.5. The Bertz CT molecular complexity index is 915. The lowest BCUT2D eigenvalue weighted by molar-refractivity contribution is -0.124. The summed E-state index contributed by atoms with van der Waals surface area (Å²) >= 11 is 5.98. The van der Waals surface area contributed by atoms with Crippen LogP contribution in [0.1, 0.15) is 70.8 Å². The molecule has 0 aromatic heterocycles. The van der Waals surface area contributed by atoms with Crippen molar-refractivity contribution < 1.29 is 9.90 Å². The van der Waals surface area contributed by atoms with Crippen LogP contribution in [0.5, 0.6) is 0 Å². The number of carbonyl (C=O) groups excluding carboxylic acids is 1. The average molecular weight is 439 g/mol. The standard InChI is InChI=1S/C28H35ClO2/c1-27-15-13-21(30)17-19(27)6-9-22-23-10-11-25(28(23,2)16-14-24(22)27)26(31)12-5-18-3-7-20(29)8-4-18/h3-8,12,21-25,30H,9-11,13-17H2,1-2H3/b12-5+/t21-,22-,23-,24-,25+,27-,28-/m0/s1. The molecule has 0 unspecified atom stereocenters. The van der Waals surface area contributed by atoms with Gasteiger partial charge in [0.15, 0.2) is 5.78 Å². The zero-order valence-electron chi connectivity index (χ0n) is 18.8. The topological polar surface area (TPSA) is 37.3 Å². The Morgan fingerprint density at radius 1 is 1.06 bits per heavy atom. The molecular weight excluding hydrogens is 404 g/mol. The molecule has 7 atom stereocenters. The molecule has 0 amide bonds. The van der Waals surface area contributed by atoms with Crippen LogP contribution in [0.3, 0.4) is 0 Å². The summed E-state index contributed by atoms with van der Waals surface area (Å²) in [7, 11) is 0. The minimum absolute atomic E-state index is 0.123. The molecule has 3 heteroatoms.